The van der Waals surface area contributed by atoms with Crippen molar-refractivity contribution < 1.29 is 37.3 Å². The number of benzene rings is 1. The fraction of sp³-hybridized carbons (Fsp3) is 0.458. The highest BCUT2D eigenvalue weighted by Gasteiger charge is 2.38. The average Bonchev–Trinajstić information content (AvgIpc) is 3.74. The van der Waals surface area contributed by atoms with Crippen molar-refractivity contribution >= 4 is 27.5 Å². The van der Waals surface area contributed by atoms with Gasteiger partial charge >= 0.3 is 27.1 Å². The zero-order valence-electron chi connectivity index (χ0n) is 22.3. The van der Waals surface area contributed by atoms with Gasteiger partial charge in [-0.3, -0.25) is 28.2 Å². The number of esters is 1. The summed E-state index contributed by atoms with van der Waals surface area (Å²) in [6.07, 6.45) is 3.76. The van der Waals surface area contributed by atoms with E-state index in [0.29, 0.717) is 13.1 Å². The van der Waals surface area contributed by atoms with Gasteiger partial charge in [-0.05, 0) is 31.1 Å². The van der Waals surface area contributed by atoms with E-state index in [1.54, 1.807) is 30.3 Å². The van der Waals surface area contributed by atoms with Gasteiger partial charge in [0.15, 0.2) is 0 Å². The summed E-state index contributed by atoms with van der Waals surface area (Å²) in [5.74, 6) is -0.990. The van der Waals surface area contributed by atoms with Crippen molar-refractivity contribution in [3.63, 3.8) is 0 Å². The largest absolute Gasteiger partial charge is 0.468 e. The zero-order chi connectivity index (χ0) is 29.6. The lowest BCUT2D eigenvalue weighted by molar-refractivity contribution is -0.139. The van der Waals surface area contributed by atoms with Crippen LogP contribution in [0.25, 0.3) is 6.08 Å². The maximum absolute atomic E-state index is 13.4. The predicted octanol–water partition coefficient (Wildman–Crippen LogP) is 1.23. The summed E-state index contributed by atoms with van der Waals surface area (Å²) < 4.78 is 49.2. The van der Waals surface area contributed by atoms with E-state index < -0.39 is 57.2 Å². The van der Waals surface area contributed by atoms with Crippen molar-refractivity contribution in [3.8, 4) is 5.75 Å². The molecule has 2 fully saturated rings. The van der Waals surface area contributed by atoms with Gasteiger partial charge in [-0.2, -0.15) is 0 Å². The van der Waals surface area contributed by atoms with Crippen LogP contribution in [0.3, 0.4) is 0 Å². The van der Waals surface area contributed by atoms with E-state index in [2.05, 4.69) is 14.8 Å². The number of hydrogen-bond acceptors (Lipinski definition) is 10. The molecule has 0 spiro atoms. The van der Waals surface area contributed by atoms with Crippen LogP contribution in [0.15, 0.2) is 52.2 Å². The van der Waals surface area contributed by atoms with Gasteiger partial charge in [0, 0.05) is 31.2 Å². The van der Waals surface area contributed by atoms with Gasteiger partial charge in [-0.25, -0.2) is 24.6 Å². The highest BCUT2D eigenvalue weighted by molar-refractivity contribution is 7.54. The first kappa shape index (κ1) is 31.1. The quantitative estimate of drug-likeness (QED) is 0.135. The molecule has 5 N–H and O–H groups in total. The second-order valence-electron chi connectivity index (χ2n) is 9.53. The molecule has 5 atom stereocenters. The van der Waals surface area contributed by atoms with Crippen molar-refractivity contribution in [3.05, 3.63) is 69.0 Å². The van der Waals surface area contributed by atoms with Crippen LogP contribution in [0.5, 0.6) is 5.75 Å². The fourth-order valence-electron chi connectivity index (χ4n) is 4.25. The van der Waals surface area contributed by atoms with Crippen molar-refractivity contribution in [2.45, 2.75) is 25.0 Å². The van der Waals surface area contributed by atoms with E-state index in [9.17, 15) is 28.6 Å². The lowest BCUT2D eigenvalue weighted by Gasteiger charge is -2.22. The van der Waals surface area contributed by atoms with Crippen LogP contribution in [0.2, 0.25) is 0 Å². The summed E-state index contributed by atoms with van der Waals surface area (Å²) >= 11 is 0. The Labute approximate surface area is 235 Å². The summed E-state index contributed by atoms with van der Waals surface area (Å²) in [7, 11) is -6.22. The van der Waals surface area contributed by atoms with Crippen LogP contribution in [-0.4, -0.2) is 71.4 Å². The Morgan fingerprint density at radius 1 is 1.20 bits per heavy atom. The number of aromatic amines is 1. The smallest absolute Gasteiger partial charge is 0.459 e. The molecule has 0 amide bonds. The highest BCUT2D eigenvalue weighted by atomic mass is 31.2. The maximum atomic E-state index is 13.4. The molecule has 224 valence electrons. The number of hydrogen-bond donors (Lipinski definition) is 4. The second kappa shape index (κ2) is 13.4. The Kier molecular flexibility index (Phi) is 10.2. The minimum Gasteiger partial charge on any atom is -0.468 e. The first-order chi connectivity index (χ1) is 19.5. The van der Waals surface area contributed by atoms with E-state index >= 15 is 0 Å². The van der Waals surface area contributed by atoms with Crippen LogP contribution in [-0.2, 0) is 27.7 Å². The first-order valence-corrected chi connectivity index (χ1v) is 16.0. The van der Waals surface area contributed by atoms with E-state index in [1.807, 2.05) is 0 Å². The predicted molar refractivity (Wildman–Crippen MR) is 148 cm³/mol. The third-order valence-electron chi connectivity index (χ3n) is 6.56. The monoisotopic (exact) mass is 613 g/mol. The second-order valence-corrected chi connectivity index (χ2v) is 13.2. The van der Waals surface area contributed by atoms with Crippen LogP contribution >= 0.6 is 15.4 Å². The van der Waals surface area contributed by atoms with Gasteiger partial charge in [-0.1, -0.05) is 24.3 Å². The number of ether oxygens (including phenoxy) is 1. The van der Waals surface area contributed by atoms with Gasteiger partial charge < -0.3 is 18.9 Å². The molecule has 2 heterocycles. The van der Waals surface area contributed by atoms with Crippen LogP contribution in [0.1, 0.15) is 24.4 Å². The van der Waals surface area contributed by atoms with Crippen molar-refractivity contribution in [2.75, 3.05) is 40.0 Å². The number of nitrogens with two attached hydrogens (primary N) is 1. The molecule has 1 saturated heterocycles. The number of aromatic nitrogens is 2. The molecule has 1 aromatic heterocycles. The summed E-state index contributed by atoms with van der Waals surface area (Å²) in [5.41, 5.74) is 4.50. The molecule has 1 saturated carbocycles. The molecule has 1 aromatic carbocycles. The lowest BCUT2D eigenvalue weighted by Crippen LogP contribution is -2.32. The van der Waals surface area contributed by atoms with Crippen LogP contribution < -0.4 is 26.4 Å². The van der Waals surface area contributed by atoms with E-state index in [4.69, 9.17) is 19.1 Å². The molecular weight excluding hydrogens is 580 g/mol. The molecule has 41 heavy (non-hydrogen) atoms. The topological polar surface area (TPSA) is 204 Å². The van der Waals surface area contributed by atoms with Crippen LogP contribution in [0, 0.1) is 5.92 Å². The Balaban J connectivity index is 1.41. The summed E-state index contributed by atoms with van der Waals surface area (Å²) in [6.45, 7) is 0.450. The highest BCUT2D eigenvalue weighted by Crippen LogP contribution is 2.47. The number of para-hydroxylation sites is 1. The van der Waals surface area contributed by atoms with Gasteiger partial charge in [0.25, 0.3) is 5.56 Å². The minimum atomic E-state index is -4.06. The minimum absolute atomic E-state index is 0.0977. The molecular formula is C24H33N5O10P2. The SMILES string of the molecule is COC(=O)CNP(=O)(OCC1CC(n2cc(/C=C/COP(N)(=O)N3CC3)c(=O)[nH]c2=O)C[C@@H]1O)Oc1ccccc1. The molecule has 0 bridgehead atoms. The van der Waals surface area contributed by atoms with Gasteiger partial charge in [0.05, 0.1) is 32.0 Å². The summed E-state index contributed by atoms with van der Waals surface area (Å²) in [6, 6.07) is 7.72. The van der Waals surface area contributed by atoms with Crippen molar-refractivity contribution in [1.29, 1.82) is 0 Å². The Bertz CT molecular complexity index is 1460. The van der Waals surface area contributed by atoms with Gasteiger partial charge in [0.2, 0.25) is 0 Å². The molecule has 0 radical (unpaired) electrons. The average molecular weight is 614 g/mol. The summed E-state index contributed by atoms with van der Waals surface area (Å²) in [4.78, 5) is 38.8. The maximum Gasteiger partial charge on any atom is 0.459 e. The number of aliphatic hydroxyl groups is 1. The molecule has 2 aliphatic rings. The zero-order valence-corrected chi connectivity index (χ0v) is 24.1. The Morgan fingerprint density at radius 3 is 2.61 bits per heavy atom. The molecule has 1 aliphatic heterocycles. The Morgan fingerprint density at radius 2 is 1.93 bits per heavy atom. The lowest BCUT2D eigenvalue weighted by atomic mass is 10.1. The van der Waals surface area contributed by atoms with E-state index in [-0.39, 0.29) is 37.4 Å². The normalized spacial score (nSPS) is 23.6. The van der Waals surface area contributed by atoms with Crippen LogP contribution in [0.4, 0.5) is 0 Å². The van der Waals surface area contributed by atoms with Crippen molar-refractivity contribution in [2.24, 2.45) is 11.4 Å². The number of rotatable bonds is 14. The molecule has 15 nitrogen and oxygen atoms in total. The van der Waals surface area contributed by atoms with Gasteiger partial charge in [0.1, 0.15) is 12.3 Å². The number of carbonyl (C=O) groups is 1. The standard InChI is InChI=1S/C24H33N5O10P2/c1-36-22(31)14-26-41(35,39-20-7-3-2-4-8-20)38-16-18-12-19(13-21(18)30)29-15-17(23(32)27-24(29)33)6-5-11-37-40(25,34)28-9-10-28/h2-8,15,18-19,21,30H,9-14,16H2,1H3,(H2,25,34)(H,26,35)(H,27,32,33)/b6-5+/t18?,19?,21-,40?,41?/m0/s1. The molecule has 4 unspecified atom stereocenters. The number of methoxy groups -OCH3 is 1. The number of aliphatic hydroxyl groups excluding tert-OH is 1. The van der Waals surface area contributed by atoms with Crippen molar-refractivity contribution in [1.82, 2.24) is 19.3 Å². The third-order valence-corrected chi connectivity index (χ3v) is 9.76. The van der Waals surface area contributed by atoms with E-state index in [0.717, 1.165) is 0 Å². The first-order valence-electron chi connectivity index (χ1n) is 12.8. The fourth-order valence-corrected chi connectivity index (χ4v) is 6.68. The number of H-pyrrole nitrogens is 1. The number of nitrogens with one attached hydrogen (secondary N) is 2. The molecule has 2 aromatic rings. The summed E-state index contributed by atoms with van der Waals surface area (Å²) in [5, 5.41) is 13.2. The molecule has 1 aliphatic carbocycles. The molecule has 4 rings (SSSR count). The van der Waals surface area contributed by atoms with E-state index in [1.165, 1.54) is 34.7 Å². The van der Waals surface area contributed by atoms with Gasteiger partial charge in [-0.15, -0.1) is 0 Å². The third kappa shape index (κ3) is 8.57. The molecule has 17 heteroatoms. The Hall–Kier alpha value is -2.87. The number of carbonyl (C=O) groups excluding carboxylic acids is 1. The number of nitrogens with zero attached hydrogens (tertiary/aromatic N) is 2.